The Hall–Kier alpha value is -0.870. The molecule has 1 fully saturated rings. The minimum absolute atomic E-state index is 0.165. The Labute approximate surface area is 122 Å². The molecule has 0 radical (unpaired) electrons. The van der Waals surface area contributed by atoms with Crippen LogP contribution in [-0.2, 0) is 10.2 Å². The highest BCUT2D eigenvalue weighted by Gasteiger charge is 2.45. The van der Waals surface area contributed by atoms with Crippen molar-refractivity contribution in [3.05, 3.63) is 34.3 Å². The van der Waals surface area contributed by atoms with Crippen molar-refractivity contribution in [3.8, 4) is 0 Å². The maximum Gasteiger partial charge on any atom is 0.320 e. The van der Waals surface area contributed by atoms with E-state index in [-0.39, 0.29) is 11.5 Å². The van der Waals surface area contributed by atoms with Crippen LogP contribution < -0.4 is 0 Å². The number of rotatable bonds is 6. The van der Waals surface area contributed by atoms with E-state index in [1.165, 1.54) is 5.56 Å². The van der Waals surface area contributed by atoms with Gasteiger partial charge >= 0.3 is 5.97 Å². The summed E-state index contributed by atoms with van der Waals surface area (Å²) in [6.07, 6.45) is 2.94. The van der Waals surface area contributed by atoms with E-state index in [9.17, 15) is 9.90 Å². The highest BCUT2D eigenvalue weighted by atomic mass is 79.9. The molecule has 0 amide bonds. The maximum atomic E-state index is 11.2. The van der Waals surface area contributed by atoms with Gasteiger partial charge in [0.2, 0.25) is 0 Å². The monoisotopic (exact) mass is 325 g/mol. The van der Waals surface area contributed by atoms with E-state index in [1.54, 1.807) is 0 Å². The van der Waals surface area contributed by atoms with E-state index in [1.807, 2.05) is 18.9 Å². The Balaban J connectivity index is 2.09. The predicted molar refractivity (Wildman–Crippen MR) is 79.4 cm³/mol. The first kappa shape index (κ1) is 14.5. The lowest BCUT2D eigenvalue weighted by Gasteiger charge is -2.28. The minimum Gasteiger partial charge on any atom is -0.480 e. The lowest BCUT2D eigenvalue weighted by Crippen LogP contribution is -2.42. The molecule has 0 aliphatic heterocycles. The van der Waals surface area contributed by atoms with Crippen LogP contribution in [0.2, 0.25) is 0 Å². The molecule has 1 aliphatic rings. The first-order valence-corrected chi connectivity index (χ1v) is 7.47. The second-order valence-corrected chi connectivity index (χ2v) is 6.38. The maximum absolute atomic E-state index is 11.2. The zero-order valence-corrected chi connectivity index (χ0v) is 13.0. The van der Waals surface area contributed by atoms with Crippen molar-refractivity contribution in [2.24, 2.45) is 0 Å². The summed E-state index contributed by atoms with van der Waals surface area (Å²) in [6, 6.07) is 8.03. The lowest BCUT2D eigenvalue weighted by molar-refractivity contribution is -0.143. The summed E-state index contributed by atoms with van der Waals surface area (Å²) in [5.41, 5.74) is 1.49. The number of carboxylic acids is 1. The molecule has 3 nitrogen and oxygen atoms in total. The van der Waals surface area contributed by atoms with Crippen molar-refractivity contribution >= 4 is 21.9 Å². The summed E-state index contributed by atoms with van der Waals surface area (Å²) in [5, 5.41) is 9.22. The van der Waals surface area contributed by atoms with Gasteiger partial charge in [0.15, 0.2) is 0 Å². The molecule has 1 unspecified atom stereocenters. The molecule has 0 heterocycles. The van der Waals surface area contributed by atoms with Gasteiger partial charge in [-0.2, -0.15) is 0 Å². The zero-order chi connectivity index (χ0) is 14.0. The van der Waals surface area contributed by atoms with Gasteiger partial charge < -0.3 is 5.11 Å². The van der Waals surface area contributed by atoms with Gasteiger partial charge in [0, 0.05) is 16.4 Å². The van der Waals surface area contributed by atoms with Crippen LogP contribution in [0.15, 0.2) is 28.7 Å². The van der Waals surface area contributed by atoms with Crippen molar-refractivity contribution in [2.45, 2.75) is 37.6 Å². The molecule has 104 valence electrons. The Morgan fingerprint density at radius 3 is 2.42 bits per heavy atom. The fourth-order valence-corrected chi connectivity index (χ4v) is 3.02. The Kier molecular flexibility index (Phi) is 4.31. The van der Waals surface area contributed by atoms with Crippen molar-refractivity contribution in [1.82, 2.24) is 4.90 Å². The standard InChI is InChI=1S/C15H20BrNO2/c1-3-13(14(18)19)17(2)10-15(8-9-15)11-4-6-12(16)7-5-11/h4-7,13H,3,8-10H2,1-2H3,(H,18,19). The average molecular weight is 326 g/mol. The summed E-state index contributed by atoms with van der Waals surface area (Å²) >= 11 is 3.45. The van der Waals surface area contributed by atoms with E-state index in [0.29, 0.717) is 6.42 Å². The topological polar surface area (TPSA) is 40.5 Å². The van der Waals surface area contributed by atoms with Crippen LogP contribution in [0.5, 0.6) is 0 Å². The molecule has 0 aromatic heterocycles. The van der Waals surface area contributed by atoms with E-state index >= 15 is 0 Å². The Morgan fingerprint density at radius 1 is 1.42 bits per heavy atom. The summed E-state index contributed by atoms with van der Waals surface area (Å²) in [4.78, 5) is 13.2. The average Bonchev–Trinajstić information content (AvgIpc) is 3.11. The van der Waals surface area contributed by atoms with Crippen molar-refractivity contribution in [1.29, 1.82) is 0 Å². The van der Waals surface area contributed by atoms with Crippen LogP contribution in [0, 0.1) is 0 Å². The molecule has 1 aliphatic carbocycles. The van der Waals surface area contributed by atoms with Crippen molar-refractivity contribution in [2.75, 3.05) is 13.6 Å². The van der Waals surface area contributed by atoms with Crippen LogP contribution >= 0.6 is 15.9 Å². The molecular weight excluding hydrogens is 306 g/mol. The van der Waals surface area contributed by atoms with E-state index in [2.05, 4.69) is 40.2 Å². The second-order valence-electron chi connectivity index (χ2n) is 5.46. The number of hydrogen-bond acceptors (Lipinski definition) is 2. The molecule has 2 rings (SSSR count). The zero-order valence-electron chi connectivity index (χ0n) is 11.4. The van der Waals surface area contributed by atoms with Gasteiger partial charge in [0.05, 0.1) is 0 Å². The van der Waals surface area contributed by atoms with Crippen molar-refractivity contribution < 1.29 is 9.90 Å². The minimum atomic E-state index is -0.725. The van der Waals surface area contributed by atoms with Gasteiger partial charge in [-0.15, -0.1) is 0 Å². The largest absolute Gasteiger partial charge is 0.480 e. The Bertz CT molecular complexity index is 454. The second kappa shape index (κ2) is 5.63. The van der Waals surface area contributed by atoms with Gasteiger partial charge in [-0.1, -0.05) is 35.0 Å². The van der Waals surface area contributed by atoms with Crippen LogP contribution in [0.25, 0.3) is 0 Å². The van der Waals surface area contributed by atoms with Gasteiger partial charge in [-0.05, 0) is 44.0 Å². The number of carbonyl (C=O) groups is 1. The summed E-state index contributed by atoms with van der Waals surface area (Å²) in [6.45, 7) is 2.74. The van der Waals surface area contributed by atoms with Gasteiger partial charge in [0.25, 0.3) is 0 Å². The normalized spacial score (nSPS) is 18.3. The molecule has 1 atom stereocenters. The third kappa shape index (κ3) is 3.18. The first-order chi connectivity index (χ1) is 8.98. The quantitative estimate of drug-likeness (QED) is 0.872. The predicted octanol–water partition coefficient (Wildman–Crippen LogP) is 3.28. The van der Waals surface area contributed by atoms with Gasteiger partial charge in [0.1, 0.15) is 6.04 Å². The Morgan fingerprint density at radius 2 is 2.00 bits per heavy atom. The summed E-state index contributed by atoms with van der Waals surface area (Å²) in [7, 11) is 1.92. The van der Waals surface area contributed by atoms with Crippen LogP contribution in [0.1, 0.15) is 31.7 Å². The SMILES string of the molecule is CCC(C(=O)O)N(C)CC1(c2ccc(Br)cc2)CC1. The molecule has 1 aromatic carbocycles. The highest BCUT2D eigenvalue weighted by molar-refractivity contribution is 9.10. The molecule has 4 heteroatoms. The number of halogens is 1. The van der Waals surface area contributed by atoms with E-state index < -0.39 is 5.97 Å². The van der Waals surface area contributed by atoms with Crippen molar-refractivity contribution in [3.63, 3.8) is 0 Å². The van der Waals surface area contributed by atoms with Gasteiger partial charge in [-0.25, -0.2) is 0 Å². The van der Waals surface area contributed by atoms with E-state index in [4.69, 9.17) is 0 Å². The van der Waals surface area contributed by atoms with Gasteiger partial charge in [-0.3, -0.25) is 9.69 Å². The number of hydrogen-bond donors (Lipinski definition) is 1. The smallest absolute Gasteiger partial charge is 0.320 e. The lowest BCUT2D eigenvalue weighted by atomic mass is 9.95. The summed E-state index contributed by atoms with van der Waals surface area (Å²) < 4.78 is 1.08. The highest BCUT2D eigenvalue weighted by Crippen LogP contribution is 2.49. The van der Waals surface area contributed by atoms with E-state index in [0.717, 1.165) is 23.9 Å². The van der Waals surface area contributed by atoms with Crippen LogP contribution in [0.4, 0.5) is 0 Å². The molecule has 1 N–H and O–H groups in total. The number of likely N-dealkylation sites (N-methyl/N-ethyl adjacent to an activating group) is 1. The van der Waals surface area contributed by atoms with Crippen LogP contribution in [0.3, 0.4) is 0 Å². The first-order valence-electron chi connectivity index (χ1n) is 6.67. The fourth-order valence-electron chi connectivity index (χ4n) is 2.75. The summed E-state index contributed by atoms with van der Waals surface area (Å²) in [5.74, 6) is -0.725. The molecule has 0 spiro atoms. The molecule has 1 saturated carbocycles. The number of benzene rings is 1. The molecular formula is C15H20BrNO2. The third-order valence-corrected chi connectivity index (χ3v) is 4.59. The molecule has 19 heavy (non-hydrogen) atoms. The number of nitrogens with zero attached hydrogens (tertiary/aromatic N) is 1. The molecule has 0 bridgehead atoms. The molecule has 1 aromatic rings. The number of carboxylic acid groups (broad SMARTS) is 1. The molecule has 0 saturated heterocycles. The fraction of sp³-hybridized carbons (Fsp3) is 0.533. The van der Waals surface area contributed by atoms with Crippen LogP contribution in [-0.4, -0.2) is 35.6 Å². The third-order valence-electron chi connectivity index (χ3n) is 4.07. The number of aliphatic carboxylic acids is 1.